The van der Waals surface area contributed by atoms with Crippen molar-refractivity contribution in [3.8, 4) is 17.2 Å². The molecule has 3 rings (SSSR count). The lowest BCUT2D eigenvalue weighted by atomic mass is 10.3. The number of anilines is 1. The van der Waals surface area contributed by atoms with Gasteiger partial charge in [-0.25, -0.2) is 13.1 Å². The smallest absolute Gasteiger partial charge is 0.241 e. The average molecular weight is 406 g/mol. The van der Waals surface area contributed by atoms with Gasteiger partial charge in [-0.15, -0.1) is 0 Å². The molecule has 1 atom stereocenters. The lowest BCUT2D eigenvalue weighted by Crippen LogP contribution is -2.37. The molecule has 1 aliphatic heterocycles. The molecule has 1 N–H and O–H groups in total. The van der Waals surface area contributed by atoms with Crippen LogP contribution in [0.4, 0.5) is 5.69 Å². The van der Waals surface area contributed by atoms with E-state index in [0.29, 0.717) is 22.9 Å². The Labute approximate surface area is 164 Å². The van der Waals surface area contributed by atoms with Crippen LogP contribution >= 0.6 is 0 Å². The molecule has 1 saturated heterocycles. The summed E-state index contributed by atoms with van der Waals surface area (Å²) in [7, 11) is 0.648. The molecule has 0 spiro atoms. The van der Waals surface area contributed by atoms with Gasteiger partial charge in [-0.1, -0.05) is 0 Å². The molecule has 1 amide bonds. The highest BCUT2D eigenvalue weighted by atomic mass is 32.2. The molecule has 0 radical (unpaired) electrons. The van der Waals surface area contributed by atoms with Gasteiger partial charge in [0.1, 0.15) is 5.75 Å². The van der Waals surface area contributed by atoms with Crippen LogP contribution in [-0.2, 0) is 14.8 Å². The van der Waals surface area contributed by atoms with E-state index in [1.807, 2.05) is 0 Å². The normalized spacial score (nSPS) is 16.9. The van der Waals surface area contributed by atoms with E-state index in [1.54, 1.807) is 36.3 Å². The Morgan fingerprint density at radius 3 is 2.25 bits per heavy atom. The van der Waals surface area contributed by atoms with Crippen molar-refractivity contribution in [2.75, 3.05) is 32.8 Å². The Kier molecular flexibility index (Phi) is 5.76. The van der Waals surface area contributed by atoms with Gasteiger partial charge < -0.3 is 19.1 Å². The fourth-order valence-electron chi connectivity index (χ4n) is 3.07. The van der Waals surface area contributed by atoms with E-state index in [4.69, 9.17) is 14.2 Å². The summed E-state index contributed by atoms with van der Waals surface area (Å²) in [5.41, 5.74) is 0.693. The SMILES string of the molecule is COc1ccc(N2C[C@@H](NS(=O)(=O)c3ccc(OC)c(OC)c3)CC2=O)cc1. The zero-order valence-corrected chi connectivity index (χ0v) is 16.7. The van der Waals surface area contributed by atoms with E-state index in [2.05, 4.69) is 4.72 Å². The van der Waals surface area contributed by atoms with Crippen molar-refractivity contribution in [2.24, 2.45) is 0 Å². The maximum absolute atomic E-state index is 12.7. The molecule has 0 unspecified atom stereocenters. The quantitative estimate of drug-likeness (QED) is 0.754. The molecule has 8 nitrogen and oxygen atoms in total. The molecule has 0 aliphatic carbocycles. The van der Waals surface area contributed by atoms with Gasteiger partial charge in [-0.3, -0.25) is 4.79 Å². The highest BCUT2D eigenvalue weighted by Gasteiger charge is 2.33. The summed E-state index contributed by atoms with van der Waals surface area (Å²) in [6.07, 6.45) is 0.0819. The Hall–Kier alpha value is -2.78. The van der Waals surface area contributed by atoms with Gasteiger partial charge in [-0.2, -0.15) is 0 Å². The molecule has 1 fully saturated rings. The lowest BCUT2D eigenvalue weighted by Gasteiger charge is -2.18. The number of sulfonamides is 1. The molecule has 28 heavy (non-hydrogen) atoms. The number of amides is 1. The summed E-state index contributed by atoms with van der Waals surface area (Å²) in [5.74, 6) is 1.28. The van der Waals surface area contributed by atoms with Crippen molar-refractivity contribution in [2.45, 2.75) is 17.4 Å². The summed E-state index contributed by atoms with van der Waals surface area (Å²) in [5, 5.41) is 0. The van der Waals surface area contributed by atoms with E-state index in [-0.39, 0.29) is 23.8 Å². The molecule has 0 bridgehead atoms. The van der Waals surface area contributed by atoms with Crippen LogP contribution in [0.3, 0.4) is 0 Å². The Bertz CT molecular complexity index is 959. The van der Waals surface area contributed by atoms with E-state index in [0.717, 1.165) is 0 Å². The van der Waals surface area contributed by atoms with Crippen LogP contribution in [0.5, 0.6) is 17.2 Å². The van der Waals surface area contributed by atoms with Crippen LogP contribution in [0.1, 0.15) is 6.42 Å². The second-order valence-corrected chi connectivity index (χ2v) is 7.96. The maximum atomic E-state index is 12.7. The maximum Gasteiger partial charge on any atom is 0.241 e. The van der Waals surface area contributed by atoms with Crippen molar-refractivity contribution in [3.05, 3.63) is 42.5 Å². The van der Waals surface area contributed by atoms with Gasteiger partial charge in [0.15, 0.2) is 11.5 Å². The molecular formula is C19H22N2O6S. The van der Waals surface area contributed by atoms with Crippen molar-refractivity contribution >= 4 is 21.6 Å². The number of benzene rings is 2. The average Bonchev–Trinajstić information content (AvgIpc) is 3.06. The van der Waals surface area contributed by atoms with Crippen LogP contribution in [-0.4, -0.2) is 48.2 Å². The number of hydrogen-bond donors (Lipinski definition) is 1. The first-order valence-corrected chi connectivity index (χ1v) is 10.0. The van der Waals surface area contributed by atoms with Crippen LogP contribution in [0.2, 0.25) is 0 Å². The Balaban J connectivity index is 1.75. The predicted molar refractivity (Wildman–Crippen MR) is 104 cm³/mol. The highest BCUT2D eigenvalue weighted by Crippen LogP contribution is 2.30. The van der Waals surface area contributed by atoms with Gasteiger partial charge in [0, 0.05) is 30.8 Å². The minimum Gasteiger partial charge on any atom is -0.497 e. The van der Waals surface area contributed by atoms with Crippen LogP contribution in [0.15, 0.2) is 47.4 Å². The Morgan fingerprint density at radius 2 is 1.64 bits per heavy atom. The van der Waals surface area contributed by atoms with Gasteiger partial charge in [0.25, 0.3) is 0 Å². The summed E-state index contributed by atoms with van der Waals surface area (Å²) in [6.45, 7) is 0.248. The first kappa shape index (κ1) is 20.0. The summed E-state index contributed by atoms with van der Waals surface area (Å²) >= 11 is 0. The third kappa shape index (κ3) is 4.05. The molecule has 0 saturated carbocycles. The molecule has 1 aliphatic rings. The highest BCUT2D eigenvalue weighted by molar-refractivity contribution is 7.89. The zero-order chi connectivity index (χ0) is 20.3. The van der Waals surface area contributed by atoms with E-state index < -0.39 is 16.1 Å². The molecule has 9 heteroatoms. The van der Waals surface area contributed by atoms with Gasteiger partial charge in [0.05, 0.1) is 26.2 Å². The predicted octanol–water partition coefficient (Wildman–Crippen LogP) is 1.80. The molecular weight excluding hydrogens is 384 g/mol. The summed E-state index contributed by atoms with van der Waals surface area (Å²) < 4.78 is 43.5. The second kappa shape index (κ2) is 8.07. The molecule has 1 heterocycles. The number of nitrogens with zero attached hydrogens (tertiary/aromatic N) is 1. The van der Waals surface area contributed by atoms with E-state index in [1.165, 1.54) is 32.4 Å². The van der Waals surface area contributed by atoms with E-state index in [9.17, 15) is 13.2 Å². The molecule has 2 aromatic carbocycles. The van der Waals surface area contributed by atoms with Gasteiger partial charge in [0.2, 0.25) is 15.9 Å². The van der Waals surface area contributed by atoms with Crippen LogP contribution < -0.4 is 23.8 Å². The number of rotatable bonds is 7. The first-order valence-electron chi connectivity index (χ1n) is 8.56. The zero-order valence-electron chi connectivity index (χ0n) is 15.8. The van der Waals surface area contributed by atoms with Crippen molar-refractivity contribution in [1.82, 2.24) is 4.72 Å². The summed E-state index contributed by atoms with van der Waals surface area (Å²) in [6, 6.07) is 10.8. The first-order chi connectivity index (χ1) is 13.4. The topological polar surface area (TPSA) is 94.2 Å². The minimum atomic E-state index is -3.83. The van der Waals surface area contributed by atoms with Crippen molar-refractivity contribution in [1.29, 1.82) is 0 Å². The van der Waals surface area contributed by atoms with E-state index >= 15 is 0 Å². The van der Waals surface area contributed by atoms with Crippen LogP contribution in [0.25, 0.3) is 0 Å². The fourth-order valence-corrected chi connectivity index (χ4v) is 4.31. The number of carbonyl (C=O) groups excluding carboxylic acids is 1. The molecule has 2 aromatic rings. The van der Waals surface area contributed by atoms with Crippen LogP contribution in [0, 0.1) is 0 Å². The van der Waals surface area contributed by atoms with Crippen molar-refractivity contribution < 1.29 is 27.4 Å². The van der Waals surface area contributed by atoms with Crippen molar-refractivity contribution in [3.63, 3.8) is 0 Å². The third-order valence-corrected chi connectivity index (χ3v) is 6.01. The lowest BCUT2D eigenvalue weighted by molar-refractivity contribution is -0.117. The Morgan fingerprint density at radius 1 is 0.964 bits per heavy atom. The summed E-state index contributed by atoms with van der Waals surface area (Å²) in [4.78, 5) is 14.0. The number of ether oxygens (including phenoxy) is 3. The largest absolute Gasteiger partial charge is 0.497 e. The number of nitrogens with one attached hydrogen (secondary N) is 1. The number of methoxy groups -OCH3 is 3. The monoisotopic (exact) mass is 406 g/mol. The number of hydrogen-bond acceptors (Lipinski definition) is 6. The van der Waals surface area contributed by atoms with Gasteiger partial charge >= 0.3 is 0 Å². The second-order valence-electron chi connectivity index (χ2n) is 6.24. The van der Waals surface area contributed by atoms with Gasteiger partial charge in [-0.05, 0) is 36.4 Å². The fraction of sp³-hybridized carbons (Fsp3) is 0.316. The third-order valence-electron chi connectivity index (χ3n) is 4.50. The molecule has 0 aromatic heterocycles. The minimum absolute atomic E-state index is 0.0421. The molecule has 150 valence electrons. The standard InChI is InChI=1S/C19H22N2O6S/c1-25-15-6-4-14(5-7-15)21-12-13(10-19(21)22)20-28(23,24)16-8-9-17(26-2)18(11-16)27-3/h4-9,11,13,20H,10,12H2,1-3H3/t13-/m0/s1. The number of carbonyl (C=O) groups is 1.